The Bertz CT molecular complexity index is 510. The van der Waals surface area contributed by atoms with Crippen molar-refractivity contribution in [1.82, 2.24) is 4.90 Å². The number of amides is 1. The van der Waals surface area contributed by atoms with Gasteiger partial charge in [0.25, 0.3) is 5.91 Å². The molecule has 1 aromatic rings. The SMILES string of the molecule is COC(=O)C1CCCN(C(=O)c2cc(N)cc(N)c2)C1. The van der Waals surface area contributed by atoms with Gasteiger partial charge in [-0.15, -0.1) is 0 Å². The summed E-state index contributed by atoms with van der Waals surface area (Å²) in [6, 6.07) is 4.80. The van der Waals surface area contributed by atoms with E-state index in [1.807, 2.05) is 0 Å². The smallest absolute Gasteiger partial charge is 0.310 e. The van der Waals surface area contributed by atoms with Gasteiger partial charge in [0.15, 0.2) is 0 Å². The van der Waals surface area contributed by atoms with Crippen molar-refractivity contribution in [2.75, 3.05) is 31.7 Å². The van der Waals surface area contributed by atoms with Crippen LogP contribution in [0.5, 0.6) is 0 Å². The topological polar surface area (TPSA) is 98.6 Å². The van der Waals surface area contributed by atoms with Crippen LogP contribution in [0.3, 0.4) is 0 Å². The number of rotatable bonds is 2. The highest BCUT2D eigenvalue weighted by Crippen LogP contribution is 2.21. The summed E-state index contributed by atoms with van der Waals surface area (Å²) < 4.78 is 4.74. The van der Waals surface area contributed by atoms with Gasteiger partial charge in [0.2, 0.25) is 0 Å². The van der Waals surface area contributed by atoms with E-state index < -0.39 is 0 Å². The fourth-order valence-corrected chi connectivity index (χ4v) is 2.50. The summed E-state index contributed by atoms with van der Waals surface area (Å²) in [5, 5.41) is 0. The summed E-state index contributed by atoms with van der Waals surface area (Å²) in [4.78, 5) is 25.7. The lowest BCUT2D eigenvalue weighted by atomic mass is 9.97. The fourth-order valence-electron chi connectivity index (χ4n) is 2.50. The van der Waals surface area contributed by atoms with Crippen LogP contribution >= 0.6 is 0 Å². The molecule has 6 nitrogen and oxygen atoms in total. The molecule has 1 atom stereocenters. The van der Waals surface area contributed by atoms with Gasteiger partial charge in [-0.3, -0.25) is 9.59 Å². The van der Waals surface area contributed by atoms with Crippen LogP contribution in [-0.2, 0) is 9.53 Å². The molecule has 6 heteroatoms. The molecule has 1 saturated heterocycles. The largest absolute Gasteiger partial charge is 0.469 e. The predicted octanol–water partition coefficient (Wildman–Crippen LogP) is 0.876. The minimum atomic E-state index is -0.269. The molecular weight excluding hydrogens is 258 g/mol. The maximum Gasteiger partial charge on any atom is 0.310 e. The number of esters is 1. The third-order valence-electron chi connectivity index (χ3n) is 3.47. The molecule has 0 spiro atoms. The van der Waals surface area contributed by atoms with Crippen LogP contribution in [0.4, 0.5) is 11.4 Å². The van der Waals surface area contributed by atoms with Gasteiger partial charge in [-0.1, -0.05) is 0 Å². The molecule has 1 unspecified atom stereocenters. The molecule has 1 amide bonds. The van der Waals surface area contributed by atoms with Crippen LogP contribution < -0.4 is 11.5 Å². The van der Waals surface area contributed by atoms with Gasteiger partial charge in [-0.2, -0.15) is 0 Å². The van der Waals surface area contributed by atoms with Crippen molar-refractivity contribution in [2.45, 2.75) is 12.8 Å². The van der Waals surface area contributed by atoms with Crippen molar-refractivity contribution in [3.8, 4) is 0 Å². The van der Waals surface area contributed by atoms with Gasteiger partial charge in [0.05, 0.1) is 13.0 Å². The van der Waals surface area contributed by atoms with Crippen molar-refractivity contribution in [3.05, 3.63) is 23.8 Å². The van der Waals surface area contributed by atoms with Crippen molar-refractivity contribution in [1.29, 1.82) is 0 Å². The zero-order valence-electron chi connectivity index (χ0n) is 11.5. The van der Waals surface area contributed by atoms with E-state index in [0.29, 0.717) is 30.0 Å². The monoisotopic (exact) mass is 277 g/mol. The molecule has 0 bridgehead atoms. The molecular formula is C14H19N3O3. The maximum absolute atomic E-state index is 12.4. The standard InChI is InChI=1S/C14H19N3O3/c1-20-14(19)9-3-2-4-17(8-9)13(18)10-5-11(15)7-12(16)6-10/h5-7,9H,2-4,8,15-16H2,1H3. The van der Waals surface area contributed by atoms with Crippen molar-refractivity contribution >= 4 is 23.3 Å². The van der Waals surface area contributed by atoms with Crippen molar-refractivity contribution < 1.29 is 14.3 Å². The number of likely N-dealkylation sites (tertiary alicyclic amines) is 1. The Morgan fingerprint density at radius 1 is 1.25 bits per heavy atom. The molecule has 2 rings (SSSR count). The number of nitrogens with zero attached hydrogens (tertiary/aromatic N) is 1. The first-order chi connectivity index (χ1) is 9.51. The molecule has 1 fully saturated rings. The summed E-state index contributed by atoms with van der Waals surface area (Å²) in [5.74, 6) is -0.678. The van der Waals surface area contributed by atoms with E-state index in [1.165, 1.54) is 7.11 Å². The van der Waals surface area contributed by atoms with E-state index in [9.17, 15) is 9.59 Å². The van der Waals surface area contributed by atoms with Crippen LogP contribution in [0, 0.1) is 5.92 Å². The first-order valence-electron chi connectivity index (χ1n) is 6.54. The van der Waals surface area contributed by atoms with Gasteiger partial charge < -0.3 is 21.1 Å². The highest BCUT2D eigenvalue weighted by Gasteiger charge is 2.29. The molecule has 1 heterocycles. The van der Waals surface area contributed by atoms with E-state index in [-0.39, 0.29) is 17.8 Å². The highest BCUT2D eigenvalue weighted by atomic mass is 16.5. The summed E-state index contributed by atoms with van der Waals surface area (Å²) in [5.41, 5.74) is 12.8. The minimum Gasteiger partial charge on any atom is -0.469 e. The van der Waals surface area contributed by atoms with Crippen LogP contribution in [0.15, 0.2) is 18.2 Å². The van der Waals surface area contributed by atoms with Crippen LogP contribution in [-0.4, -0.2) is 37.0 Å². The molecule has 4 N–H and O–H groups in total. The molecule has 1 aliphatic heterocycles. The second-order valence-corrected chi connectivity index (χ2v) is 5.00. The number of anilines is 2. The number of benzene rings is 1. The number of nitrogen functional groups attached to an aromatic ring is 2. The lowest BCUT2D eigenvalue weighted by molar-refractivity contribution is -0.146. The molecule has 0 radical (unpaired) electrons. The van der Waals surface area contributed by atoms with Crippen LogP contribution in [0.25, 0.3) is 0 Å². The Hall–Kier alpha value is -2.24. The molecule has 1 aliphatic rings. The van der Waals surface area contributed by atoms with E-state index in [2.05, 4.69) is 0 Å². The Kier molecular flexibility index (Phi) is 4.12. The van der Waals surface area contributed by atoms with E-state index in [0.717, 1.165) is 12.8 Å². The van der Waals surface area contributed by atoms with Crippen LogP contribution in [0.1, 0.15) is 23.2 Å². The molecule has 20 heavy (non-hydrogen) atoms. The average Bonchev–Trinajstić information content (AvgIpc) is 2.44. The van der Waals surface area contributed by atoms with E-state index in [4.69, 9.17) is 16.2 Å². The Morgan fingerprint density at radius 2 is 1.90 bits per heavy atom. The van der Waals surface area contributed by atoms with Gasteiger partial charge in [0, 0.05) is 30.0 Å². The average molecular weight is 277 g/mol. The molecule has 0 aliphatic carbocycles. The minimum absolute atomic E-state index is 0.155. The summed E-state index contributed by atoms with van der Waals surface area (Å²) in [6.07, 6.45) is 1.53. The first kappa shape index (κ1) is 14.2. The quantitative estimate of drug-likeness (QED) is 0.617. The van der Waals surface area contributed by atoms with Gasteiger partial charge in [-0.25, -0.2) is 0 Å². The van der Waals surface area contributed by atoms with Gasteiger partial charge >= 0.3 is 5.97 Å². The Balaban J connectivity index is 2.14. The molecule has 1 aromatic carbocycles. The van der Waals surface area contributed by atoms with Crippen LogP contribution in [0.2, 0.25) is 0 Å². The number of ether oxygens (including phenoxy) is 1. The number of carbonyl (C=O) groups excluding carboxylic acids is 2. The number of hydrogen-bond acceptors (Lipinski definition) is 5. The van der Waals surface area contributed by atoms with E-state index >= 15 is 0 Å². The first-order valence-corrected chi connectivity index (χ1v) is 6.54. The van der Waals surface area contributed by atoms with Gasteiger partial charge in [0.1, 0.15) is 0 Å². The predicted molar refractivity (Wildman–Crippen MR) is 75.9 cm³/mol. The second-order valence-electron chi connectivity index (χ2n) is 5.00. The second kappa shape index (κ2) is 5.81. The third kappa shape index (κ3) is 3.01. The Morgan fingerprint density at radius 3 is 2.50 bits per heavy atom. The third-order valence-corrected chi connectivity index (χ3v) is 3.47. The maximum atomic E-state index is 12.4. The summed E-state index contributed by atoms with van der Waals surface area (Å²) in [6.45, 7) is 1.00. The summed E-state index contributed by atoms with van der Waals surface area (Å²) in [7, 11) is 1.36. The fraction of sp³-hybridized carbons (Fsp3) is 0.429. The zero-order chi connectivity index (χ0) is 14.7. The normalized spacial score (nSPS) is 18.6. The number of piperidine rings is 1. The van der Waals surface area contributed by atoms with Gasteiger partial charge in [-0.05, 0) is 31.0 Å². The number of carbonyl (C=O) groups is 2. The molecule has 0 aromatic heterocycles. The van der Waals surface area contributed by atoms with E-state index in [1.54, 1.807) is 23.1 Å². The highest BCUT2D eigenvalue weighted by molar-refractivity contribution is 5.96. The van der Waals surface area contributed by atoms with Crippen molar-refractivity contribution in [2.24, 2.45) is 5.92 Å². The molecule has 108 valence electrons. The number of nitrogens with two attached hydrogens (primary N) is 2. The lowest BCUT2D eigenvalue weighted by Crippen LogP contribution is -2.42. The summed E-state index contributed by atoms with van der Waals surface area (Å²) >= 11 is 0. The number of methoxy groups -OCH3 is 1. The zero-order valence-corrected chi connectivity index (χ0v) is 11.5. The number of hydrogen-bond donors (Lipinski definition) is 2. The Labute approximate surface area is 117 Å². The lowest BCUT2D eigenvalue weighted by Gasteiger charge is -2.31. The van der Waals surface area contributed by atoms with Crippen molar-refractivity contribution in [3.63, 3.8) is 0 Å². The molecule has 0 saturated carbocycles.